The van der Waals surface area contributed by atoms with Gasteiger partial charge < -0.3 is 19.7 Å². The van der Waals surface area contributed by atoms with Crippen LogP contribution in [-0.4, -0.2) is 48.6 Å². The predicted octanol–water partition coefficient (Wildman–Crippen LogP) is 12.1. The molecule has 2 N–H and O–H groups in total. The van der Waals surface area contributed by atoms with E-state index in [1.54, 1.807) is 13.8 Å². The standard InChI is InChI=1S/C24H48O3.C18H36O3/c1-4-6-7-8-9-10-11-12-13-14-15-16-17-18-19-20-21-27-23(26)24(3,5-2)22-25;1-4-6-7-8-9-10-11-12-13-14-15-21-17(20)18(3,5-2)16-19/h25H,4-22H2,1-3H3;19H,4-16H2,1-3H3. The summed E-state index contributed by atoms with van der Waals surface area (Å²) in [6, 6.07) is 0. The van der Waals surface area contributed by atoms with Crippen LogP contribution in [0.3, 0.4) is 0 Å². The number of ether oxygens (including phenoxy) is 2. The van der Waals surface area contributed by atoms with Crippen molar-refractivity contribution >= 4 is 11.9 Å². The van der Waals surface area contributed by atoms with Crippen molar-refractivity contribution in [2.45, 2.75) is 221 Å². The van der Waals surface area contributed by atoms with Gasteiger partial charge in [-0.25, -0.2) is 0 Å². The van der Waals surface area contributed by atoms with Crippen molar-refractivity contribution in [2.24, 2.45) is 10.8 Å². The minimum Gasteiger partial charge on any atom is -0.465 e. The van der Waals surface area contributed by atoms with Crippen molar-refractivity contribution in [3.63, 3.8) is 0 Å². The molecule has 0 aliphatic heterocycles. The minimum absolute atomic E-state index is 0.138. The Morgan fingerprint density at radius 2 is 0.604 bits per heavy atom. The Labute approximate surface area is 299 Å². The first-order valence-electron chi connectivity index (χ1n) is 20.8. The minimum atomic E-state index is -0.727. The molecule has 0 amide bonds. The molecule has 0 rings (SSSR count). The Morgan fingerprint density at radius 3 is 0.792 bits per heavy atom. The molecule has 2 unspecified atom stereocenters. The Hall–Kier alpha value is -1.14. The quantitative estimate of drug-likeness (QED) is 0.0517. The van der Waals surface area contributed by atoms with Gasteiger partial charge in [0.25, 0.3) is 0 Å². The molecule has 6 nitrogen and oxygen atoms in total. The summed E-state index contributed by atoms with van der Waals surface area (Å²) in [5, 5.41) is 18.5. The van der Waals surface area contributed by atoms with Crippen molar-refractivity contribution < 1.29 is 29.3 Å². The number of aliphatic hydroxyl groups excluding tert-OH is 2. The van der Waals surface area contributed by atoms with Gasteiger partial charge in [-0.1, -0.05) is 182 Å². The van der Waals surface area contributed by atoms with E-state index in [4.69, 9.17) is 9.47 Å². The van der Waals surface area contributed by atoms with Gasteiger partial charge in [0.15, 0.2) is 0 Å². The molecule has 0 fully saturated rings. The van der Waals surface area contributed by atoms with Gasteiger partial charge in [-0.3, -0.25) is 9.59 Å². The first-order chi connectivity index (χ1) is 23.2. The zero-order chi connectivity index (χ0) is 36.2. The lowest BCUT2D eigenvalue weighted by Gasteiger charge is -2.23. The molecule has 48 heavy (non-hydrogen) atoms. The van der Waals surface area contributed by atoms with Crippen molar-refractivity contribution in [1.29, 1.82) is 0 Å². The topological polar surface area (TPSA) is 93.1 Å². The lowest BCUT2D eigenvalue weighted by molar-refractivity contribution is -0.158. The molecule has 2 atom stereocenters. The van der Waals surface area contributed by atoms with Crippen LogP contribution in [0.2, 0.25) is 0 Å². The van der Waals surface area contributed by atoms with E-state index in [2.05, 4.69) is 13.8 Å². The second kappa shape index (κ2) is 35.7. The number of hydrogen-bond donors (Lipinski definition) is 2. The van der Waals surface area contributed by atoms with Gasteiger partial charge in [-0.15, -0.1) is 0 Å². The number of hydrogen-bond acceptors (Lipinski definition) is 6. The Bertz CT molecular complexity index is 686. The van der Waals surface area contributed by atoms with Crippen LogP contribution in [0.5, 0.6) is 0 Å². The first-order valence-corrected chi connectivity index (χ1v) is 20.8. The summed E-state index contributed by atoms with van der Waals surface area (Å²) in [6.45, 7) is 12.6. The third-order valence-corrected chi connectivity index (χ3v) is 10.2. The van der Waals surface area contributed by atoms with Gasteiger partial charge in [-0.2, -0.15) is 0 Å². The van der Waals surface area contributed by atoms with E-state index < -0.39 is 10.8 Å². The zero-order valence-electron chi connectivity index (χ0n) is 33.2. The van der Waals surface area contributed by atoms with Crippen molar-refractivity contribution in [2.75, 3.05) is 26.4 Å². The van der Waals surface area contributed by atoms with Gasteiger partial charge in [0.2, 0.25) is 0 Å². The van der Waals surface area contributed by atoms with E-state index in [0.29, 0.717) is 26.1 Å². The van der Waals surface area contributed by atoms with E-state index in [1.165, 1.54) is 141 Å². The van der Waals surface area contributed by atoms with Gasteiger partial charge >= 0.3 is 11.9 Å². The highest BCUT2D eigenvalue weighted by Crippen LogP contribution is 2.23. The molecule has 0 heterocycles. The van der Waals surface area contributed by atoms with Gasteiger partial charge in [0.05, 0.1) is 37.3 Å². The molecule has 0 aromatic rings. The fraction of sp³-hybridized carbons (Fsp3) is 0.952. The van der Waals surface area contributed by atoms with Crippen LogP contribution in [-0.2, 0) is 19.1 Å². The molecule has 0 aromatic carbocycles. The molecular formula is C42H84O6. The van der Waals surface area contributed by atoms with Crippen LogP contribution in [0.4, 0.5) is 0 Å². The molecule has 0 saturated heterocycles. The van der Waals surface area contributed by atoms with Crippen molar-refractivity contribution in [3.05, 3.63) is 0 Å². The van der Waals surface area contributed by atoms with E-state index in [0.717, 1.165) is 25.7 Å². The maximum absolute atomic E-state index is 11.9. The summed E-state index contributed by atoms with van der Waals surface area (Å²) in [7, 11) is 0. The number of carbonyl (C=O) groups is 2. The summed E-state index contributed by atoms with van der Waals surface area (Å²) in [4.78, 5) is 23.7. The maximum Gasteiger partial charge on any atom is 0.314 e. The number of esters is 2. The molecule has 288 valence electrons. The summed E-state index contributed by atoms with van der Waals surface area (Å²) >= 11 is 0. The average molecular weight is 685 g/mol. The van der Waals surface area contributed by atoms with Gasteiger partial charge in [0, 0.05) is 0 Å². The Balaban J connectivity index is 0. The van der Waals surface area contributed by atoms with Crippen molar-refractivity contribution in [1.82, 2.24) is 0 Å². The summed E-state index contributed by atoms with van der Waals surface area (Å²) in [5.41, 5.74) is -1.45. The molecule has 0 spiro atoms. The fourth-order valence-corrected chi connectivity index (χ4v) is 5.56. The molecule has 0 saturated carbocycles. The van der Waals surface area contributed by atoms with Crippen LogP contribution in [0.25, 0.3) is 0 Å². The highest BCUT2D eigenvalue weighted by Gasteiger charge is 2.32. The second-order valence-electron chi connectivity index (χ2n) is 14.9. The highest BCUT2D eigenvalue weighted by molar-refractivity contribution is 5.76. The summed E-state index contributed by atoms with van der Waals surface area (Å²) in [5.74, 6) is -0.517. The van der Waals surface area contributed by atoms with E-state index in [-0.39, 0.29) is 25.2 Å². The van der Waals surface area contributed by atoms with E-state index >= 15 is 0 Å². The number of rotatable bonds is 34. The summed E-state index contributed by atoms with van der Waals surface area (Å²) in [6.07, 6.45) is 35.4. The van der Waals surface area contributed by atoms with Crippen LogP contribution in [0.1, 0.15) is 221 Å². The largest absolute Gasteiger partial charge is 0.465 e. The number of carbonyl (C=O) groups excluding carboxylic acids is 2. The zero-order valence-corrected chi connectivity index (χ0v) is 33.2. The predicted molar refractivity (Wildman–Crippen MR) is 204 cm³/mol. The third-order valence-electron chi connectivity index (χ3n) is 10.2. The lowest BCUT2D eigenvalue weighted by Crippen LogP contribution is -2.33. The van der Waals surface area contributed by atoms with Gasteiger partial charge in [-0.05, 0) is 39.5 Å². The number of aliphatic hydroxyl groups is 2. The molecule has 0 bridgehead atoms. The SMILES string of the molecule is CCCCCCCCCCCCCCCCCCOC(=O)C(C)(CC)CO.CCCCCCCCCCCCOC(=O)C(C)(CC)CO. The molecular weight excluding hydrogens is 600 g/mol. The normalized spacial score (nSPS) is 13.7. The van der Waals surface area contributed by atoms with Crippen LogP contribution >= 0.6 is 0 Å². The molecule has 6 heteroatoms. The maximum atomic E-state index is 11.9. The third kappa shape index (κ3) is 28.7. The Morgan fingerprint density at radius 1 is 0.396 bits per heavy atom. The molecule has 0 aliphatic carbocycles. The van der Waals surface area contributed by atoms with Gasteiger partial charge in [0.1, 0.15) is 0 Å². The Kier molecular flexibility index (Phi) is 36.4. The van der Waals surface area contributed by atoms with Crippen LogP contribution in [0.15, 0.2) is 0 Å². The van der Waals surface area contributed by atoms with Crippen molar-refractivity contribution in [3.8, 4) is 0 Å². The smallest absolute Gasteiger partial charge is 0.314 e. The van der Waals surface area contributed by atoms with E-state index in [9.17, 15) is 19.8 Å². The fourth-order valence-electron chi connectivity index (χ4n) is 5.56. The average Bonchev–Trinajstić information content (AvgIpc) is 3.11. The molecule has 0 aliphatic rings. The molecule has 0 aromatic heterocycles. The van der Waals surface area contributed by atoms with E-state index in [1.807, 2.05) is 13.8 Å². The highest BCUT2D eigenvalue weighted by atomic mass is 16.5. The second-order valence-corrected chi connectivity index (χ2v) is 14.9. The monoisotopic (exact) mass is 685 g/mol. The summed E-state index contributed by atoms with van der Waals surface area (Å²) < 4.78 is 10.6. The van der Waals surface area contributed by atoms with Crippen LogP contribution in [0, 0.1) is 10.8 Å². The molecule has 0 radical (unpaired) electrons. The number of unbranched alkanes of at least 4 members (excludes halogenated alkanes) is 24. The first kappa shape index (κ1) is 49.0. The van der Waals surface area contributed by atoms with Crippen LogP contribution < -0.4 is 0 Å². The lowest BCUT2D eigenvalue weighted by atomic mass is 9.89.